The summed E-state index contributed by atoms with van der Waals surface area (Å²) < 4.78 is 0. The van der Waals surface area contributed by atoms with Crippen LogP contribution >= 0.6 is 11.3 Å². The van der Waals surface area contributed by atoms with Gasteiger partial charge in [0.25, 0.3) is 0 Å². The number of hydrogen-bond donors (Lipinski definition) is 1. The summed E-state index contributed by atoms with van der Waals surface area (Å²) >= 11 is 1.63. The lowest BCUT2D eigenvalue weighted by Gasteiger charge is -2.06. The van der Waals surface area contributed by atoms with Crippen molar-refractivity contribution in [1.29, 1.82) is 0 Å². The van der Waals surface area contributed by atoms with Crippen LogP contribution in [0.3, 0.4) is 0 Å². The summed E-state index contributed by atoms with van der Waals surface area (Å²) in [6, 6.07) is 8.23. The molecule has 0 radical (unpaired) electrons. The Hall–Kier alpha value is -1.68. The van der Waals surface area contributed by atoms with E-state index in [1.165, 1.54) is 19.3 Å². The topological polar surface area (TPSA) is 42.0 Å². The molecular weight excluding hydrogens is 292 g/mol. The van der Waals surface area contributed by atoms with Gasteiger partial charge in [-0.2, -0.15) is 0 Å². The van der Waals surface area contributed by atoms with Gasteiger partial charge in [-0.3, -0.25) is 4.79 Å². The Morgan fingerprint density at radius 1 is 1.14 bits per heavy atom. The molecule has 2 aromatic rings. The van der Waals surface area contributed by atoms with Gasteiger partial charge in [-0.05, 0) is 12.0 Å². The Kier molecular flexibility index (Phi) is 7.10. The van der Waals surface area contributed by atoms with Gasteiger partial charge in [-0.1, -0.05) is 56.9 Å². The molecule has 22 heavy (non-hydrogen) atoms. The van der Waals surface area contributed by atoms with Gasteiger partial charge in [0.1, 0.15) is 5.01 Å². The summed E-state index contributed by atoms with van der Waals surface area (Å²) in [5.74, 6) is 0.153. The minimum Gasteiger partial charge on any atom is -0.352 e. The highest BCUT2D eigenvalue weighted by Crippen LogP contribution is 2.21. The molecule has 0 saturated heterocycles. The van der Waals surface area contributed by atoms with Crippen LogP contribution in [0, 0.1) is 0 Å². The maximum Gasteiger partial charge on any atom is 0.220 e. The number of amides is 1. The summed E-state index contributed by atoms with van der Waals surface area (Å²) in [7, 11) is 0. The number of nitrogens with zero attached hydrogens (tertiary/aromatic N) is 1. The number of nitrogens with one attached hydrogen (secondary N) is 1. The minimum absolute atomic E-state index is 0.153. The Morgan fingerprint density at radius 3 is 2.59 bits per heavy atom. The molecule has 0 bridgehead atoms. The predicted molar refractivity (Wildman–Crippen MR) is 92.8 cm³/mol. The molecule has 1 N–H and O–H groups in total. The largest absolute Gasteiger partial charge is 0.352 e. The highest BCUT2D eigenvalue weighted by molar-refractivity contribution is 7.13. The molecule has 1 amide bonds. The first-order chi connectivity index (χ1) is 10.8. The van der Waals surface area contributed by atoms with E-state index in [0.29, 0.717) is 13.0 Å². The molecule has 0 fully saturated rings. The molecule has 0 spiro atoms. The normalized spacial score (nSPS) is 10.6. The van der Waals surface area contributed by atoms with E-state index in [1.54, 1.807) is 11.3 Å². The molecule has 0 atom stereocenters. The molecule has 0 saturated carbocycles. The molecule has 3 nitrogen and oxygen atoms in total. The molecule has 1 heterocycles. The van der Waals surface area contributed by atoms with Crippen LogP contribution in [0.5, 0.6) is 0 Å². The number of aromatic nitrogens is 1. The highest BCUT2D eigenvalue weighted by atomic mass is 32.1. The van der Waals surface area contributed by atoms with Gasteiger partial charge in [0, 0.05) is 30.1 Å². The molecule has 0 aliphatic carbocycles. The average Bonchev–Trinajstić information content (AvgIpc) is 3.08. The van der Waals surface area contributed by atoms with Gasteiger partial charge in [0.2, 0.25) is 5.91 Å². The monoisotopic (exact) mass is 316 g/mol. The Balaban J connectivity index is 1.69. The lowest BCUT2D eigenvalue weighted by molar-refractivity contribution is -0.121. The van der Waals surface area contributed by atoms with E-state index < -0.39 is 0 Å². The highest BCUT2D eigenvalue weighted by Gasteiger charge is 2.03. The van der Waals surface area contributed by atoms with Crippen molar-refractivity contribution in [2.75, 3.05) is 0 Å². The molecule has 118 valence electrons. The molecule has 2 rings (SSSR count). The number of thiazole rings is 1. The number of carbonyl (C=O) groups excluding carboxylic acids is 1. The van der Waals surface area contributed by atoms with Gasteiger partial charge in [-0.25, -0.2) is 4.98 Å². The van der Waals surface area contributed by atoms with E-state index in [4.69, 9.17) is 0 Å². The van der Waals surface area contributed by atoms with Crippen LogP contribution in [0.2, 0.25) is 0 Å². The van der Waals surface area contributed by atoms with Crippen LogP contribution in [0.25, 0.3) is 10.6 Å². The van der Waals surface area contributed by atoms with Crippen LogP contribution in [0.1, 0.15) is 51.0 Å². The summed E-state index contributed by atoms with van der Waals surface area (Å²) in [6.07, 6.45) is 8.35. The first-order valence-corrected chi connectivity index (χ1v) is 8.93. The smallest absolute Gasteiger partial charge is 0.220 e. The average molecular weight is 316 g/mol. The summed E-state index contributed by atoms with van der Waals surface area (Å²) in [5.41, 5.74) is 2.25. The van der Waals surface area contributed by atoms with Crippen molar-refractivity contribution in [3.05, 3.63) is 41.4 Å². The second-order valence-electron chi connectivity index (χ2n) is 5.48. The van der Waals surface area contributed by atoms with E-state index in [9.17, 15) is 4.79 Å². The summed E-state index contributed by atoms with van der Waals surface area (Å²) in [6.45, 7) is 2.80. The zero-order chi connectivity index (χ0) is 15.6. The molecule has 0 aliphatic rings. The number of benzene rings is 1. The lowest BCUT2D eigenvalue weighted by Crippen LogP contribution is -2.22. The van der Waals surface area contributed by atoms with Crippen LogP contribution in [0.15, 0.2) is 35.8 Å². The predicted octanol–water partition coefficient (Wildman–Crippen LogP) is 4.79. The standard InChI is InChI=1S/C18H24N2OS/c1-2-3-4-5-6-7-17(21)20-14-15-8-10-16(11-9-15)18-19-12-13-22-18/h8-13H,2-7,14H2,1H3,(H,20,21). The summed E-state index contributed by atoms with van der Waals surface area (Å²) in [5, 5.41) is 6.00. The molecule has 4 heteroatoms. The fraction of sp³-hybridized carbons (Fsp3) is 0.444. The number of rotatable bonds is 9. The van der Waals surface area contributed by atoms with Crippen LogP contribution in [-0.4, -0.2) is 10.9 Å². The van der Waals surface area contributed by atoms with E-state index >= 15 is 0 Å². The van der Waals surface area contributed by atoms with E-state index in [-0.39, 0.29) is 5.91 Å². The Morgan fingerprint density at radius 2 is 1.91 bits per heavy atom. The first-order valence-electron chi connectivity index (χ1n) is 8.05. The van der Waals surface area contributed by atoms with E-state index in [2.05, 4.69) is 41.5 Å². The van der Waals surface area contributed by atoms with E-state index in [0.717, 1.165) is 29.0 Å². The van der Waals surface area contributed by atoms with Gasteiger partial charge < -0.3 is 5.32 Å². The third kappa shape index (κ3) is 5.60. The third-order valence-corrected chi connectivity index (χ3v) is 4.45. The number of hydrogen-bond acceptors (Lipinski definition) is 3. The van der Waals surface area contributed by atoms with Crippen molar-refractivity contribution < 1.29 is 4.79 Å². The van der Waals surface area contributed by atoms with Crippen molar-refractivity contribution in [2.24, 2.45) is 0 Å². The van der Waals surface area contributed by atoms with Crippen LogP contribution in [-0.2, 0) is 11.3 Å². The minimum atomic E-state index is 0.153. The molecule has 1 aromatic carbocycles. The molecule has 1 aromatic heterocycles. The van der Waals surface area contributed by atoms with Crippen LogP contribution in [0.4, 0.5) is 0 Å². The second kappa shape index (κ2) is 9.36. The van der Waals surface area contributed by atoms with Crippen molar-refractivity contribution >= 4 is 17.2 Å². The van der Waals surface area contributed by atoms with Crippen molar-refractivity contribution in [1.82, 2.24) is 10.3 Å². The van der Waals surface area contributed by atoms with Crippen LogP contribution < -0.4 is 5.32 Å². The fourth-order valence-corrected chi connectivity index (χ4v) is 2.95. The first kappa shape index (κ1) is 16.7. The van der Waals surface area contributed by atoms with Gasteiger partial charge >= 0.3 is 0 Å². The molecule has 0 aliphatic heterocycles. The van der Waals surface area contributed by atoms with Gasteiger partial charge in [-0.15, -0.1) is 11.3 Å². The molecular formula is C18H24N2OS. The number of unbranched alkanes of at least 4 members (excludes halogenated alkanes) is 4. The van der Waals surface area contributed by atoms with Gasteiger partial charge in [0.05, 0.1) is 0 Å². The lowest BCUT2D eigenvalue weighted by atomic mass is 10.1. The van der Waals surface area contributed by atoms with E-state index in [1.807, 2.05) is 11.6 Å². The SMILES string of the molecule is CCCCCCCC(=O)NCc1ccc(-c2nccs2)cc1. The Labute approximate surface area is 136 Å². The number of carbonyl (C=O) groups is 1. The zero-order valence-electron chi connectivity index (χ0n) is 13.2. The summed E-state index contributed by atoms with van der Waals surface area (Å²) in [4.78, 5) is 16.1. The maximum atomic E-state index is 11.8. The third-order valence-electron chi connectivity index (χ3n) is 3.63. The quantitative estimate of drug-likeness (QED) is 0.676. The fourth-order valence-electron chi connectivity index (χ4n) is 2.31. The Bertz CT molecular complexity index is 549. The second-order valence-corrected chi connectivity index (χ2v) is 6.37. The molecule has 0 unspecified atom stereocenters. The zero-order valence-corrected chi connectivity index (χ0v) is 14.0. The van der Waals surface area contributed by atoms with Crippen molar-refractivity contribution in [2.45, 2.75) is 52.0 Å². The maximum absolute atomic E-state index is 11.8. The van der Waals surface area contributed by atoms with Crippen molar-refractivity contribution in [3.63, 3.8) is 0 Å². The van der Waals surface area contributed by atoms with Gasteiger partial charge in [0.15, 0.2) is 0 Å². The van der Waals surface area contributed by atoms with Crippen molar-refractivity contribution in [3.8, 4) is 10.6 Å².